The normalized spacial score (nSPS) is 18.9. The summed E-state index contributed by atoms with van der Waals surface area (Å²) in [7, 11) is 0. The van der Waals surface area contributed by atoms with Gasteiger partial charge in [-0.15, -0.1) is 0 Å². The highest BCUT2D eigenvalue weighted by atomic mass is 16.3. The van der Waals surface area contributed by atoms with Crippen molar-refractivity contribution >= 4 is 0 Å². The van der Waals surface area contributed by atoms with Gasteiger partial charge in [-0.25, -0.2) is 0 Å². The van der Waals surface area contributed by atoms with E-state index in [4.69, 9.17) is 0 Å². The minimum Gasteiger partial charge on any atom is -0.396 e. The van der Waals surface area contributed by atoms with Crippen LogP contribution in [-0.2, 0) is 5.41 Å². The second-order valence-corrected chi connectivity index (χ2v) is 5.58. The maximum absolute atomic E-state index is 9.37. The largest absolute Gasteiger partial charge is 0.396 e. The summed E-state index contributed by atoms with van der Waals surface area (Å²) in [5.41, 5.74) is 1.80. The molecule has 0 amide bonds. The van der Waals surface area contributed by atoms with Crippen molar-refractivity contribution in [3.05, 3.63) is 35.9 Å². The van der Waals surface area contributed by atoms with E-state index in [0.717, 1.165) is 6.42 Å². The zero-order chi connectivity index (χ0) is 10.9. The van der Waals surface area contributed by atoms with Crippen LogP contribution in [-0.4, -0.2) is 11.7 Å². The van der Waals surface area contributed by atoms with Crippen molar-refractivity contribution in [2.45, 2.75) is 38.5 Å². The van der Waals surface area contributed by atoms with Gasteiger partial charge in [0.15, 0.2) is 0 Å². The Kier molecular flexibility index (Phi) is 2.59. The molecule has 1 fully saturated rings. The Morgan fingerprint density at radius 2 is 1.80 bits per heavy atom. The maximum Gasteiger partial charge on any atom is 0.0487 e. The first-order valence-electron chi connectivity index (χ1n) is 5.74. The molecule has 15 heavy (non-hydrogen) atoms. The summed E-state index contributed by atoms with van der Waals surface area (Å²) in [5, 5.41) is 9.37. The lowest BCUT2D eigenvalue weighted by atomic mass is 9.76. The van der Waals surface area contributed by atoms with Crippen LogP contribution < -0.4 is 0 Å². The van der Waals surface area contributed by atoms with Gasteiger partial charge in [-0.3, -0.25) is 0 Å². The van der Waals surface area contributed by atoms with Crippen LogP contribution in [0.25, 0.3) is 0 Å². The smallest absolute Gasteiger partial charge is 0.0487 e. The van der Waals surface area contributed by atoms with Gasteiger partial charge in [-0.2, -0.15) is 0 Å². The van der Waals surface area contributed by atoms with Gasteiger partial charge in [0, 0.05) is 6.61 Å². The van der Waals surface area contributed by atoms with E-state index in [9.17, 15) is 5.11 Å². The van der Waals surface area contributed by atoms with Crippen LogP contribution in [0.4, 0.5) is 0 Å². The summed E-state index contributed by atoms with van der Waals surface area (Å²) in [4.78, 5) is 0. The van der Waals surface area contributed by atoms with Gasteiger partial charge >= 0.3 is 0 Å². The van der Waals surface area contributed by atoms with Gasteiger partial charge in [0.2, 0.25) is 0 Å². The van der Waals surface area contributed by atoms with Crippen LogP contribution in [0.5, 0.6) is 0 Å². The third kappa shape index (κ3) is 2.23. The van der Waals surface area contributed by atoms with E-state index in [1.807, 2.05) is 0 Å². The molecule has 1 aromatic carbocycles. The van der Waals surface area contributed by atoms with E-state index in [2.05, 4.69) is 44.2 Å². The molecule has 82 valence electrons. The molecule has 0 aromatic heterocycles. The monoisotopic (exact) mass is 204 g/mol. The third-order valence-corrected chi connectivity index (χ3v) is 3.66. The van der Waals surface area contributed by atoms with E-state index < -0.39 is 0 Å². The van der Waals surface area contributed by atoms with Crippen molar-refractivity contribution in [2.24, 2.45) is 5.41 Å². The first-order valence-corrected chi connectivity index (χ1v) is 5.74. The predicted molar refractivity (Wildman–Crippen MR) is 62.8 cm³/mol. The van der Waals surface area contributed by atoms with Crippen molar-refractivity contribution in [1.82, 2.24) is 0 Å². The van der Waals surface area contributed by atoms with Gasteiger partial charge in [0.25, 0.3) is 0 Å². The molecule has 1 aromatic rings. The fourth-order valence-corrected chi connectivity index (χ4v) is 2.50. The Balaban J connectivity index is 2.13. The lowest BCUT2D eigenvalue weighted by molar-refractivity contribution is 0.180. The topological polar surface area (TPSA) is 20.2 Å². The molecular weight excluding hydrogens is 184 g/mol. The summed E-state index contributed by atoms with van der Waals surface area (Å²) < 4.78 is 0. The SMILES string of the molecule is CC(C)(CC1(CO)CC1)c1ccccc1. The zero-order valence-electron chi connectivity index (χ0n) is 9.66. The molecule has 0 radical (unpaired) electrons. The minimum absolute atomic E-state index is 0.181. The molecule has 0 bridgehead atoms. The Morgan fingerprint density at radius 3 is 2.27 bits per heavy atom. The van der Waals surface area contributed by atoms with Crippen LogP contribution >= 0.6 is 0 Å². The fourth-order valence-electron chi connectivity index (χ4n) is 2.50. The molecule has 0 aliphatic heterocycles. The molecule has 1 N–H and O–H groups in total. The minimum atomic E-state index is 0.181. The van der Waals surface area contributed by atoms with E-state index in [-0.39, 0.29) is 10.8 Å². The first-order chi connectivity index (χ1) is 7.08. The average Bonchev–Trinajstić information content (AvgIpc) is 2.99. The molecule has 1 heteroatoms. The third-order valence-electron chi connectivity index (χ3n) is 3.66. The van der Waals surface area contributed by atoms with Crippen LogP contribution in [0.1, 0.15) is 38.7 Å². The van der Waals surface area contributed by atoms with E-state index in [0.29, 0.717) is 6.61 Å². The van der Waals surface area contributed by atoms with Gasteiger partial charge in [0.05, 0.1) is 0 Å². The van der Waals surface area contributed by atoms with Gasteiger partial charge in [-0.1, -0.05) is 44.2 Å². The highest BCUT2D eigenvalue weighted by molar-refractivity contribution is 5.24. The summed E-state index contributed by atoms with van der Waals surface area (Å²) in [6.45, 7) is 4.90. The van der Waals surface area contributed by atoms with Crippen molar-refractivity contribution in [1.29, 1.82) is 0 Å². The number of hydrogen-bond donors (Lipinski definition) is 1. The number of aliphatic hydroxyl groups excluding tert-OH is 1. The van der Waals surface area contributed by atoms with Crippen LogP contribution in [0.3, 0.4) is 0 Å². The lowest BCUT2D eigenvalue weighted by Crippen LogP contribution is -2.24. The molecule has 0 spiro atoms. The van der Waals surface area contributed by atoms with E-state index >= 15 is 0 Å². The van der Waals surface area contributed by atoms with Crippen molar-refractivity contribution in [3.63, 3.8) is 0 Å². The Bertz CT molecular complexity index is 322. The molecule has 0 atom stereocenters. The molecule has 0 unspecified atom stereocenters. The quantitative estimate of drug-likeness (QED) is 0.799. The Labute approximate surface area is 92.1 Å². The Hall–Kier alpha value is -0.820. The van der Waals surface area contributed by atoms with Gasteiger partial charge in [0.1, 0.15) is 0 Å². The van der Waals surface area contributed by atoms with Crippen molar-refractivity contribution in [2.75, 3.05) is 6.61 Å². The molecule has 0 saturated heterocycles. The number of aliphatic hydroxyl groups is 1. The lowest BCUT2D eigenvalue weighted by Gasteiger charge is -2.29. The van der Waals surface area contributed by atoms with Gasteiger partial charge in [-0.05, 0) is 35.7 Å². The summed E-state index contributed by atoms with van der Waals surface area (Å²) in [5.74, 6) is 0. The summed E-state index contributed by atoms with van der Waals surface area (Å²) >= 11 is 0. The summed E-state index contributed by atoms with van der Waals surface area (Å²) in [6, 6.07) is 10.6. The number of benzene rings is 1. The molecule has 1 saturated carbocycles. The van der Waals surface area contributed by atoms with Crippen LogP contribution in [0, 0.1) is 5.41 Å². The van der Waals surface area contributed by atoms with Crippen molar-refractivity contribution < 1.29 is 5.11 Å². The highest BCUT2D eigenvalue weighted by Crippen LogP contribution is 2.53. The summed E-state index contributed by atoms with van der Waals surface area (Å²) in [6.07, 6.45) is 3.49. The number of rotatable bonds is 4. The zero-order valence-corrected chi connectivity index (χ0v) is 9.66. The number of hydrogen-bond acceptors (Lipinski definition) is 1. The molecule has 2 rings (SSSR count). The van der Waals surface area contributed by atoms with Crippen molar-refractivity contribution in [3.8, 4) is 0 Å². The predicted octanol–water partition coefficient (Wildman–Crippen LogP) is 3.13. The standard InChI is InChI=1S/C14H20O/c1-13(2,10-14(11-15)8-9-14)12-6-4-3-5-7-12/h3-7,15H,8-11H2,1-2H3. The molecule has 1 aliphatic carbocycles. The van der Waals surface area contributed by atoms with E-state index in [1.54, 1.807) is 0 Å². The van der Waals surface area contributed by atoms with Gasteiger partial charge < -0.3 is 5.11 Å². The van der Waals surface area contributed by atoms with Crippen LogP contribution in [0.2, 0.25) is 0 Å². The highest BCUT2D eigenvalue weighted by Gasteiger charge is 2.45. The first kappa shape index (κ1) is 10.7. The second kappa shape index (κ2) is 3.64. The second-order valence-electron chi connectivity index (χ2n) is 5.58. The molecular formula is C14H20O. The van der Waals surface area contributed by atoms with Crippen LogP contribution in [0.15, 0.2) is 30.3 Å². The fraction of sp³-hybridized carbons (Fsp3) is 0.571. The molecule has 0 heterocycles. The molecule has 1 aliphatic rings. The average molecular weight is 204 g/mol. The maximum atomic E-state index is 9.37. The molecule has 1 nitrogen and oxygen atoms in total. The Morgan fingerprint density at radius 1 is 1.20 bits per heavy atom. The van der Waals surface area contributed by atoms with E-state index in [1.165, 1.54) is 18.4 Å².